The number of nitrogens with one attached hydrogen (secondary N) is 1. The number of halogens is 2. The van der Waals surface area contributed by atoms with Crippen molar-refractivity contribution in [2.24, 2.45) is 0 Å². The maximum absolute atomic E-state index is 10.9. The van der Waals surface area contributed by atoms with Crippen molar-refractivity contribution in [1.29, 1.82) is 0 Å². The maximum Gasteiger partial charge on any atom is 0.335 e. The summed E-state index contributed by atoms with van der Waals surface area (Å²) in [6.07, 6.45) is 0. The molecule has 3 aromatic rings. The number of hydrogen-bond donors (Lipinski definition) is 2. The zero-order valence-electron chi connectivity index (χ0n) is 15.0. The minimum absolute atomic E-state index is 0.282. The van der Waals surface area contributed by atoms with E-state index in [-0.39, 0.29) is 5.56 Å². The van der Waals surface area contributed by atoms with Crippen LogP contribution in [0, 0.1) is 0 Å². The summed E-state index contributed by atoms with van der Waals surface area (Å²) in [4.78, 5) is 10.9. The quantitative estimate of drug-likeness (QED) is 0.505. The fourth-order valence-corrected chi connectivity index (χ4v) is 3.01. The summed E-state index contributed by atoms with van der Waals surface area (Å²) in [7, 11) is 0. The topological polar surface area (TPSA) is 58.6 Å². The molecule has 0 bridgehead atoms. The monoisotopic (exact) mass is 415 g/mol. The van der Waals surface area contributed by atoms with E-state index in [2.05, 4.69) is 5.32 Å². The van der Waals surface area contributed by atoms with Crippen LogP contribution in [0.4, 0.5) is 0 Å². The average Bonchev–Trinajstić information content (AvgIpc) is 2.70. The highest BCUT2D eigenvalue weighted by Crippen LogP contribution is 2.24. The number of aromatic carboxylic acids is 1. The van der Waals surface area contributed by atoms with Crippen LogP contribution in [0.15, 0.2) is 66.7 Å². The van der Waals surface area contributed by atoms with Crippen molar-refractivity contribution in [2.45, 2.75) is 19.7 Å². The van der Waals surface area contributed by atoms with Gasteiger partial charge in [0.05, 0.1) is 15.6 Å². The molecule has 0 aromatic heterocycles. The predicted molar refractivity (Wildman–Crippen MR) is 111 cm³/mol. The van der Waals surface area contributed by atoms with Crippen LogP contribution >= 0.6 is 23.2 Å². The van der Waals surface area contributed by atoms with Crippen molar-refractivity contribution in [2.75, 3.05) is 0 Å². The van der Waals surface area contributed by atoms with Gasteiger partial charge in [0.1, 0.15) is 12.4 Å². The predicted octanol–water partition coefficient (Wildman–Crippen LogP) is 5.56. The number of hydrogen-bond acceptors (Lipinski definition) is 3. The first-order chi connectivity index (χ1) is 13.5. The Kier molecular flexibility index (Phi) is 6.93. The standard InChI is InChI=1S/C22H19Cl2NO3/c23-19-10-7-16(11-20(19)24)14-28-21-4-2-1-3-18(21)13-25-12-15-5-8-17(9-6-15)22(26)27/h1-11,25H,12-14H2,(H,26,27). The van der Waals surface area contributed by atoms with Crippen molar-refractivity contribution >= 4 is 29.2 Å². The molecule has 0 aliphatic heterocycles. The van der Waals surface area contributed by atoms with Gasteiger partial charge in [0, 0.05) is 18.7 Å². The Morgan fingerprint density at radius 1 is 0.893 bits per heavy atom. The Balaban J connectivity index is 1.57. The molecule has 0 fully saturated rings. The lowest BCUT2D eigenvalue weighted by molar-refractivity contribution is 0.0697. The van der Waals surface area contributed by atoms with E-state index in [4.69, 9.17) is 33.0 Å². The number of para-hydroxylation sites is 1. The summed E-state index contributed by atoms with van der Waals surface area (Å²) in [6.45, 7) is 1.64. The van der Waals surface area contributed by atoms with E-state index in [0.717, 1.165) is 22.4 Å². The van der Waals surface area contributed by atoms with Crippen molar-refractivity contribution in [1.82, 2.24) is 5.32 Å². The number of benzene rings is 3. The fraction of sp³-hybridized carbons (Fsp3) is 0.136. The van der Waals surface area contributed by atoms with Gasteiger partial charge in [-0.25, -0.2) is 4.79 Å². The third kappa shape index (κ3) is 5.49. The number of rotatable bonds is 8. The van der Waals surface area contributed by atoms with E-state index in [1.165, 1.54) is 0 Å². The lowest BCUT2D eigenvalue weighted by Crippen LogP contribution is -2.13. The summed E-state index contributed by atoms with van der Waals surface area (Å²) in [5.74, 6) is -0.130. The molecule has 0 amide bonds. The molecule has 4 nitrogen and oxygen atoms in total. The van der Waals surface area contributed by atoms with Crippen molar-refractivity contribution in [3.63, 3.8) is 0 Å². The molecule has 0 unspecified atom stereocenters. The van der Waals surface area contributed by atoms with Gasteiger partial charge in [-0.3, -0.25) is 0 Å². The second-order valence-corrected chi connectivity index (χ2v) is 7.06. The molecule has 0 saturated heterocycles. The molecule has 3 aromatic carbocycles. The van der Waals surface area contributed by atoms with Crippen molar-refractivity contribution in [3.05, 3.63) is 99.0 Å². The summed E-state index contributed by atoms with van der Waals surface area (Å²) < 4.78 is 5.96. The highest BCUT2D eigenvalue weighted by atomic mass is 35.5. The molecule has 0 atom stereocenters. The van der Waals surface area contributed by atoms with Crippen molar-refractivity contribution < 1.29 is 14.6 Å². The SMILES string of the molecule is O=C(O)c1ccc(CNCc2ccccc2OCc2ccc(Cl)c(Cl)c2)cc1. The molecule has 2 N–H and O–H groups in total. The Labute approximate surface area is 173 Å². The molecular formula is C22H19Cl2NO3. The third-order valence-corrected chi connectivity index (χ3v) is 4.94. The molecule has 0 spiro atoms. The number of carboxylic acid groups (broad SMARTS) is 1. The zero-order chi connectivity index (χ0) is 19.9. The lowest BCUT2D eigenvalue weighted by Gasteiger charge is -2.13. The molecule has 3 rings (SSSR count). The van der Waals surface area contributed by atoms with Gasteiger partial charge in [0.25, 0.3) is 0 Å². The van der Waals surface area contributed by atoms with E-state index in [1.54, 1.807) is 24.3 Å². The molecule has 144 valence electrons. The summed E-state index contributed by atoms with van der Waals surface area (Å²) in [5, 5.41) is 13.3. The van der Waals surface area contributed by atoms with E-state index in [9.17, 15) is 4.79 Å². The van der Waals surface area contributed by atoms with Gasteiger partial charge in [-0.15, -0.1) is 0 Å². The molecule has 6 heteroatoms. The van der Waals surface area contributed by atoms with E-state index < -0.39 is 5.97 Å². The first kappa shape index (κ1) is 20.2. The highest BCUT2D eigenvalue weighted by molar-refractivity contribution is 6.42. The Bertz CT molecular complexity index is 958. The van der Waals surface area contributed by atoms with Crippen LogP contribution in [-0.4, -0.2) is 11.1 Å². The van der Waals surface area contributed by atoms with Gasteiger partial charge in [-0.2, -0.15) is 0 Å². The van der Waals surface area contributed by atoms with Gasteiger partial charge >= 0.3 is 5.97 Å². The second kappa shape index (κ2) is 9.60. The zero-order valence-corrected chi connectivity index (χ0v) is 16.5. The maximum atomic E-state index is 10.9. The Hall–Kier alpha value is -2.53. The molecule has 0 saturated carbocycles. The van der Waals surface area contributed by atoms with Crippen LogP contribution in [-0.2, 0) is 19.7 Å². The summed E-state index contributed by atoms with van der Waals surface area (Å²) in [6, 6.07) is 20.1. The largest absolute Gasteiger partial charge is 0.489 e. The van der Waals surface area contributed by atoms with Gasteiger partial charge in [-0.05, 0) is 41.5 Å². The molecule has 28 heavy (non-hydrogen) atoms. The molecular weight excluding hydrogens is 397 g/mol. The van der Waals surface area contributed by atoms with Crippen LogP contribution in [0.25, 0.3) is 0 Å². The lowest BCUT2D eigenvalue weighted by atomic mass is 10.1. The Morgan fingerprint density at radius 3 is 2.32 bits per heavy atom. The number of ether oxygens (including phenoxy) is 1. The van der Waals surface area contributed by atoms with Crippen molar-refractivity contribution in [3.8, 4) is 5.75 Å². The summed E-state index contributed by atoms with van der Waals surface area (Å²) >= 11 is 12.0. The van der Waals surface area contributed by atoms with Crippen LogP contribution in [0.2, 0.25) is 10.0 Å². The van der Waals surface area contributed by atoms with Crippen LogP contribution in [0.3, 0.4) is 0 Å². The van der Waals surface area contributed by atoms with E-state index in [0.29, 0.717) is 29.7 Å². The average molecular weight is 416 g/mol. The Morgan fingerprint density at radius 2 is 1.61 bits per heavy atom. The molecule has 0 heterocycles. The molecule has 0 aliphatic carbocycles. The summed E-state index contributed by atoms with van der Waals surface area (Å²) in [5.41, 5.74) is 3.27. The van der Waals surface area contributed by atoms with Gasteiger partial charge in [0.15, 0.2) is 0 Å². The normalized spacial score (nSPS) is 10.6. The smallest absolute Gasteiger partial charge is 0.335 e. The van der Waals surface area contributed by atoms with Crippen LogP contribution in [0.5, 0.6) is 5.75 Å². The first-order valence-electron chi connectivity index (χ1n) is 8.70. The second-order valence-electron chi connectivity index (χ2n) is 6.25. The first-order valence-corrected chi connectivity index (χ1v) is 9.46. The number of carbonyl (C=O) groups is 1. The highest BCUT2D eigenvalue weighted by Gasteiger charge is 2.06. The molecule has 0 radical (unpaired) electrons. The van der Waals surface area contributed by atoms with Gasteiger partial charge in [0.2, 0.25) is 0 Å². The third-order valence-electron chi connectivity index (χ3n) is 4.20. The molecule has 0 aliphatic rings. The van der Waals surface area contributed by atoms with Gasteiger partial charge in [-0.1, -0.05) is 59.6 Å². The van der Waals surface area contributed by atoms with Crippen LogP contribution < -0.4 is 10.1 Å². The number of carboxylic acids is 1. The van der Waals surface area contributed by atoms with E-state index in [1.807, 2.05) is 42.5 Å². The minimum Gasteiger partial charge on any atom is -0.489 e. The van der Waals surface area contributed by atoms with E-state index >= 15 is 0 Å². The van der Waals surface area contributed by atoms with Gasteiger partial charge < -0.3 is 15.2 Å². The minimum atomic E-state index is -0.924. The van der Waals surface area contributed by atoms with Crippen LogP contribution in [0.1, 0.15) is 27.0 Å². The fourth-order valence-electron chi connectivity index (χ4n) is 2.69.